The number of hydrazine groups is 1. The number of benzene rings is 2. The Morgan fingerprint density at radius 3 is 2.18 bits per heavy atom. The highest BCUT2D eigenvalue weighted by Crippen LogP contribution is 2.23. The molecule has 0 aliphatic carbocycles. The van der Waals surface area contributed by atoms with Gasteiger partial charge in [0.25, 0.3) is 23.2 Å². The predicted octanol–water partition coefficient (Wildman–Crippen LogP) is 2.41. The van der Waals surface area contributed by atoms with Crippen LogP contribution in [-0.2, 0) is 4.79 Å². The third kappa shape index (κ3) is 5.48. The summed E-state index contributed by atoms with van der Waals surface area (Å²) in [5, 5.41) is 21.7. The Bertz CT molecular complexity index is 932. The average molecular weight is 453 g/mol. The molecule has 2 rings (SSSR count). The zero-order chi connectivity index (χ0) is 20.8. The lowest BCUT2D eigenvalue weighted by Crippen LogP contribution is -2.43. The first kappa shape index (κ1) is 20.8. The molecule has 2 amide bonds. The Balaban J connectivity index is 1.98. The first-order valence-electron chi connectivity index (χ1n) is 7.59. The van der Waals surface area contributed by atoms with E-state index < -0.39 is 39.6 Å². The van der Waals surface area contributed by atoms with Crippen molar-refractivity contribution in [1.29, 1.82) is 0 Å². The van der Waals surface area contributed by atoms with Crippen molar-refractivity contribution in [2.45, 2.75) is 6.92 Å². The van der Waals surface area contributed by atoms with Crippen LogP contribution < -0.4 is 15.6 Å². The third-order valence-electron chi connectivity index (χ3n) is 3.40. The van der Waals surface area contributed by atoms with Crippen LogP contribution in [0.15, 0.2) is 40.9 Å². The van der Waals surface area contributed by atoms with Crippen molar-refractivity contribution >= 4 is 39.1 Å². The van der Waals surface area contributed by atoms with Crippen molar-refractivity contribution in [2.75, 3.05) is 6.61 Å². The topological polar surface area (TPSA) is 154 Å². The number of nitrogens with one attached hydrogen (secondary N) is 2. The fraction of sp³-hybridized carbons (Fsp3) is 0.125. The van der Waals surface area contributed by atoms with Crippen LogP contribution in [0.5, 0.6) is 5.75 Å². The number of aryl methyl sites for hydroxylation is 1. The maximum Gasteiger partial charge on any atom is 0.277 e. The second-order valence-corrected chi connectivity index (χ2v) is 6.37. The van der Waals surface area contributed by atoms with E-state index in [1.165, 1.54) is 0 Å². The number of hydrogen-bond donors (Lipinski definition) is 2. The maximum atomic E-state index is 12.0. The molecule has 2 aromatic rings. The van der Waals surface area contributed by atoms with Crippen LogP contribution in [0, 0.1) is 27.2 Å². The molecule has 0 heterocycles. The minimum atomic E-state index is -0.958. The van der Waals surface area contributed by atoms with Gasteiger partial charge in [-0.25, -0.2) is 0 Å². The van der Waals surface area contributed by atoms with Crippen LogP contribution in [0.4, 0.5) is 11.4 Å². The number of ether oxygens (including phenoxy) is 1. The lowest BCUT2D eigenvalue weighted by atomic mass is 10.1. The molecule has 0 unspecified atom stereocenters. The van der Waals surface area contributed by atoms with Crippen LogP contribution >= 0.6 is 15.9 Å². The number of nitro benzene ring substituents is 2. The molecule has 0 atom stereocenters. The second-order valence-electron chi connectivity index (χ2n) is 5.45. The average Bonchev–Trinajstić information content (AvgIpc) is 2.64. The highest BCUT2D eigenvalue weighted by Gasteiger charge is 2.20. The summed E-state index contributed by atoms with van der Waals surface area (Å²) >= 11 is 3.30. The van der Waals surface area contributed by atoms with Gasteiger partial charge in [-0.1, -0.05) is 15.9 Å². The van der Waals surface area contributed by atoms with Gasteiger partial charge in [0.1, 0.15) is 5.75 Å². The Morgan fingerprint density at radius 2 is 1.64 bits per heavy atom. The van der Waals surface area contributed by atoms with Gasteiger partial charge in [-0.2, -0.15) is 0 Å². The lowest BCUT2D eigenvalue weighted by molar-refractivity contribution is -0.394. The first-order valence-corrected chi connectivity index (χ1v) is 8.38. The predicted molar refractivity (Wildman–Crippen MR) is 99.7 cm³/mol. The largest absolute Gasteiger partial charge is 0.483 e. The molecule has 11 nitrogen and oxygen atoms in total. The van der Waals surface area contributed by atoms with Gasteiger partial charge in [0.2, 0.25) is 0 Å². The molecule has 0 fully saturated rings. The number of rotatable bonds is 6. The zero-order valence-electron chi connectivity index (χ0n) is 14.3. The summed E-state index contributed by atoms with van der Waals surface area (Å²) in [5.41, 5.74) is 3.27. The van der Waals surface area contributed by atoms with E-state index in [4.69, 9.17) is 4.74 Å². The Kier molecular flexibility index (Phi) is 6.60. The normalized spacial score (nSPS) is 10.1. The second kappa shape index (κ2) is 8.90. The summed E-state index contributed by atoms with van der Waals surface area (Å²) < 4.78 is 6.18. The van der Waals surface area contributed by atoms with Gasteiger partial charge in [0.05, 0.1) is 21.5 Å². The van der Waals surface area contributed by atoms with Crippen LogP contribution in [-0.4, -0.2) is 28.3 Å². The van der Waals surface area contributed by atoms with E-state index in [1.54, 1.807) is 25.1 Å². The number of halogens is 1. The van der Waals surface area contributed by atoms with Gasteiger partial charge in [-0.3, -0.25) is 40.7 Å². The SMILES string of the molecule is Cc1cc(Br)ccc1OCC(=O)NNC(=O)c1cc([N+](=O)[O-])cc([N+](=O)[O-])c1. The van der Waals surface area contributed by atoms with Crippen LogP contribution in [0.2, 0.25) is 0 Å². The summed E-state index contributed by atoms with van der Waals surface area (Å²) in [4.78, 5) is 43.8. The number of nitrogens with zero attached hydrogens (tertiary/aromatic N) is 2. The third-order valence-corrected chi connectivity index (χ3v) is 3.89. The number of carbonyl (C=O) groups excluding carboxylic acids is 2. The molecule has 2 aromatic carbocycles. The van der Waals surface area contributed by atoms with Crippen molar-refractivity contribution < 1.29 is 24.2 Å². The van der Waals surface area contributed by atoms with E-state index in [-0.39, 0.29) is 5.56 Å². The molecule has 146 valence electrons. The van der Waals surface area contributed by atoms with E-state index >= 15 is 0 Å². The number of hydrogen-bond acceptors (Lipinski definition) is 7. The number of nitro groups is 2. The summed E-state index contributed by atoms with van der Waals surface area (Å²) in [6, 6.07) is 7.63. The lowest BCUT2D eigenvalue weighted by Gasteiger charge is -2.10. The molecule has 0 spiro atoms. The molecule has 0 bridgehead atoms. The first-order chi connectivity index (χ1) is 13.2. The zero-order valence-corrected chi connectivity index (χ0v) is 15.9. The molecular formula is C16H13BrN4O7. The highest BCUT2D eigenvalue weighted by atomic mass is 79.9. The molecular weight excluding hydrogens is 440 g/mol. The van der Waals surface area contributed by atoms with E-state index in [9.17, 15) is 29.8 Å². The van der Waals surface area contributed by atoms with Gasteiger partial charge in [0, 0.05) is 16.6 Å². The van der Waals surface area contributed by atoms with Crippen LogP contribution in [0.1, 0.15) is 15.9 Å². The standard InChI is InChI=1S/C16H13BrN4O7/c1-9-4-11(17)2-3-14(9)28-8-15(22)18-19-16(23)10-5-12(20(24)25)7-13(6-10)21(26)27/h2-7H,8H2,1H3,(H,18,22)(H,19,23). The molecule has 0 saturated carbocycles. The van der Waals surface area contributed by atoms with Crippen LogP contribution in [0.3, 0.4) is 0 Å². The molecule has 0 aliphatic heterocycles. The van der Waals surface area contributed by atoms with E-state index in [1.807, 2.05) is 5.43 Å². The molecule has 0 radical (unpaired) electrons. The number of non-ortho nitro benzene ring substituents is 2. The minimum absolute atomic E-state index is 0.356. The van der Waals surface area contributed by atoms with Crippen molar-refractivity contribution in [3.8, 4) is 5.75 Å². The van der Waals surface area contributed by atoms with E-state index in [2.05, 4.69) is 21.4 Å². The van der Waals surface area contributed by atoms with Crippen molar-refractivity contribution in [3.63, 3.8) is 0 Å². The van der Waals surface area contributed by atoms with Crippen molar-refractivity contribution in [1.82, 2.24) is 10.9 Å². The van der Waals surface area contributed by atoms with E-state index in [0.29, 0.717) is 5.75 Å². The molecule has 0 aromatic heterocycles. The summed E-state index contributed by atoms with van der Waals surface area (Å²) in [6.07, 6.45) is 0. The number of amides is 2. The summed E-state index contributed by atoms with van der Waals surface area (Å²) in [5.74, 6) is -1.19. The maximum absolute atomic E-state index is 12.0. The summed E-state index contributed by atoms with van der Waals surface area (Å²) in [7, 11) is 0. The van der Waals surface area contributed by atoms with Gasteiger partial charge in [-0.05, 0) is 30.7 Å². The van der Waals surface area contributed by atoms with Gasteiger partial charge in [-0.15, -0.1) is 0 Å². The van der Waals surface area contributed by atoms with E-state index in [0.717, 1.165) is 28.2 Å². The summed E-state index contributed by atoms with van der Waals surface area (Å²) in [6.45, 7) is 1.38. The van der Waals surface area contributed by atoms with Gasteiger partial charge < -0.3 is 4.74 Å². The Morgan fingerprint density at radius 1 is 1.04 bits per heavy atom. The van der Waals surface area contributed by atoms with Crippen molar-refractivity contribution in [3.05, 3.63) is 72.2 Å². The monoisotopic (exact) mass is 452 g/mol. The molecule has 0 aliphatic rings. The minimum Gasteiger partial charge on any atom is -0.483 e. The van der Waals surface area contributed by atoms with Gasteiger partial charge >= 0.3 is 0 Å². The molecule has 0 saturated heterocycles. The fourth-order valence-electron chi connectivity index (χ4n) is 2.09. The Labute approximate surface area is 166 Å². The molecule has 12 heteroatoms. The quantitative estimate of drug-likeness (QED) is 0.503. The number of carbonyl (C=O) groups is 2. The Hall–Kier alpha value is -3.54. The van der Waals surface area contributed by atoms with Crippen molar-refractivity contribution in [2.24, 2.45) is 0 Å². The van der Waals surface area contributed by atoms with Crippen LogP contribution in [0.25, 0.3) is 0 Å². The van der Waals surface area contributed by atoms with Gasteiger partial charge in [0.15, 0.2) is 6.61 Å². The molecule has 2 N–H and O–H groups in total. The molecule has 28 heavy (non-hydrogen) atoms. The smallest absolute Gasteiger partial charge is 0.277 e. The highest BCUT2D eigenvalue weighted by molar-refractivity contribution is 9.10. The fourth-order valence-corrected chi connectivity index (χ4v) is 2.57.